The third-order valence-corrected chi connectivity index (χ3v) is 3.30. The maximum atomic E-state index is 11.9. The van der Waals surface area contributed by atoms with Gasteiger partial charge in [0.2, 0.25) is 0 Å². The van der Waals surface area contributed by atoms with Crippen LogP contribution in [0, 0.1) is 5.92 Å². The van der Waals surface area contributed by atoms with Gasteiger partial charge in [-0.25, -0.2) is 0 Å². The molecule has 2 N–H and O–H groups in total. The van der Waals surface area contributed by atoms with E-state index in [1.165, 1.54) is 0 Å². The number of hydrogen-bond donors (Lipinski definition) is 2. The summed E-state index contributed by atoms with van der Waals surface area (Å²) in [6.07, 6.45) is 0.393. The van der Waals surface area contributed by atoms with Crippen LogP contribution in [0.2, 0.25) is 0 Å². The van der Waals surface area contributed by atoms with E-state index in [4.69, 9.17) is 4.74 Å². The number of benzene rings is 1. The Morgan fingerprint density at radius 2 is 2.00 bits per heavy atom. The molecule has 0 spiro atoms. The third-order valence-electron chi connectivity index (χ3n) is 3.30. The number of methoxy groups -OCH3 is 1. The molecule has 0 aliphatic rings. The van der Waals surface area contributed by atoms with Gasteiger partial charge in [-0.15, -0.1) is 0 Å². The van der Waals surface area contributed by atoms with Crippen molar-refractivity contribution >= 4 is 5.91 Å². The maximum Gasteiger partial charge on any atom is 0.251 e. The van der Waals surface area contributed by atoms with Crippen molar-refractivity contribution in [2.45, 2.75) is 33.0 Å². The Labute approximate surface area is 114 Å². The van der Waals surface area contributed by atoms with Crippen molar-refractivity contribution in [3.63, 3.8) is 0 Å². The van der Waals surface area contributed by atoms with Crippen molar-refractivity contribution < 1.29 is 14.6 Å². The summed E-state index contributed by atoms with van der Waals surface area (Å²) in [6, 6.07) is 7.26. The van der Waals surface area contributed by atoms with Crippen LogP contribution >= 0.6 is 0 Å². The van der Waals surface area contributed by atoms with E-state index in [9.17, 15) is 9.90 Å². The summed E-state index contributed by atoms with van der Waals surface area (Å²) in [4.78, 5) is 11.9. The van der Waals surface area contributed by atoms with Crippen LogP contribution in [0.4, 0.5) is 0 Å². The van der Waals surface area contributed by atoms with E-state index >= 15 is 0 Å². The minimum atomic E-state index is -0.498. The van der Waals surface area contributed by atoms with Crippen molar-refractivity contribution in [2.75, 3.05) is 13.7 Å². The lowest BCUT2D eigenvalue weighted by Gasteiger charge is -2.17. The lowest BCUT2D eigenvalue weighted by molar-refractivity contribution is 0.0850. The van der Waals surface area contributed by atoms with Gasteiger partial charge in [0.15, 0.2) is 0 Å². The van der Waals surface area contributed by atoms with Crippen molar-refractivity contribution in [1.82, 2.24) is 5.32 Å². The van der Waals surface area contributed by atoms with Crippen molar-refractivity contribution in [3.05, 3.63) is 35.4 Å². The number of rotatable bonds is 7. The van der Waals surface area contributed by atoms with E-state index in [-0.39, 0.29) is 18.4 Å². The first-order chi connectivity index (χ1) is 9.08. The van der Waals surface area contributed by atoms with Crippen LogP contribution in [-0.4, -0.2) is 30.8 Å². The van der Waals surface area contributed by atoms with Gasteiger partial charge in [0.05, 0.1) is 12.7 Å². The van der Waals surface area contributed by atoms with Crippen LogP contribution < -0.4 is 5.32 Å². The largest absolute Gasteiger partial charge is 0.391 e. The fourth-order valence-electron chi connectivity index (χ4n) is 1.69. The molecule has 1 rings (SSSR count). The summed E-state index contributed by atoms with van der Waals surface area (Å²) in [6.45, 7) is 4.81. The van der Waals surface area contributed by atoms with Crippen molar-refractivity contribution in [1.29, 1.82) is 0 Å². The maximum absolute atomic E-state index is 11.9. The fraction of sp³-hybridized carbons (Fsp3) is 0.533. The lowest BCUT2D eigenvalue weighted by atomic mass is 10.0. The Hall–Kier alpha value is -1.39. The number of nitrogens with one attached hydrogen (secondary N) is 1. The van der Waals surface area contributed by atoms with E-state index in [0.29, 0.717) is 12.2 Å². The SMILES string of the molecule is CCC(C)C(O)CNC(=O)c1ccc(COC)cc1. The number of hydrogen-bond acceptors (Lipinski definition) is 3. The molecule has 0 saturated carbocycles. The molecule has 0 fully saturated rings. The Balaban J connectivity index is 2.49. The summed E-state index contributed by atoms with van der Waals surface area (Å²) < 4.78 is 5.01. The van der Waals surface area contributed by atoms with Crippen LogP contribution in [0.3, 0.4) is 0 Å². The predicted molar refractivity (Wildman–Crippen MR) is 75.0 cm³/mol. The Bertz CT molecular complexity index is 389. The molecule has 0 radical (unpaired) electrons. The van der Waals surface area contributed by atoms with Crippen molar-refractivity contribution in [3.8, 4) is 0 Å². The van der Waals surface area contributed by atoms with Gasteiger partial charge in [-0.3, -0.25) is 4.79 Å². The van der Waals surface area contributed by atoms with Crippen molar-refractivity contribution in [2.24, 2.45) is 5.92 Å². The topological polar surface area (TPSA) is 58.6 Å². The highest BCUT2D eigenvalue weighted by atomic mass is 16.5. The zero-order valence-electron chi connectivity index (χ0n) is 11.8. The van der Waals surface area contributed by atoms with E-state index in [1.54, 1.807) is 19.2 Å². The zero-order chi connectivity index (χ0) is 14.3. The molecule has 4 nitrogen and oxygen atoms in total. The first-order valence-electron chi connectivity index (χ1n) is 6.62. The quantitative estimate of drug-likeness (QED) is 0.792. The first-order valence-corrected chi connectivity index (χ1v) is 6.62. The summed E-state index contributed by atoms with van der Waals surface area (Å²) >= 11 is 0. The van der Waals surface area contributed by atoms with Gasteiger partial charge in [0, 0.05) is 19.2 Å². The van der Waals surface area contributed by atoms with E-state index in [0.717, 1.165) is 12.0 Å². The molecular weight excluding hydrogens is 242 g/mol. The van der Waals surface area contributed by atoms with Gasteiger partial charge in [-0.05, 0) is 23.6 Å². The molecule has 1 aromatic rings. The van der Waals surface area contributed by atoms with Gasteiger partial charge in [0.1, 0.15) is 0 Å². The number of carbonyl (C=O) groups excluding carboxylic acids is 1. The standard InChI is InChI=1S/C15H23NO3/c1-4-11(2)14(17)9-16-15(18)13-7-5-12(6-8-13)10-19-3/h5-8,11,14,17H,4,9-10H2,1-3H3,(H,16,18). The highest BCUT2D eigenvalue weighted by molar-refractivity contribution is 5.94. The normalized spacial score (nSPS) is 13.9. The number of aliphatic hydroxyl groups is 1. The summed E-state index contributed by atoms with van der Waals surface area (Å²) in [5, 5.41) is 12.5. The second-order valence-corrected chi connectivity index (χ2v) is 4.79. The molecule has 4 heteroatoms. The molecule has 0 aromatic heterocycles. The summed E-state index contributed by atoms with van der Waals surface area (Å²) in [7, 11) is 1.64. The average Bonchev–Trinajstić information content (AvgIpc) is 2.44. The molecule has 0 aliphatic carbocycles. The van der Waals surface area contributed by atoms with Crippen LogP contribution in [0.25, 0.3) is 0 Å². The average molecular weight is 265 g/mol. The number of ether oxygens (including phenoxy) is 1. The molecule has 2 atom stereocenters. The Morgan fingerprint density at radius 1 is 1.37 bits per heavy atom. The lowest BCUT2D eigenvalue weighted by Crippen LogP contribution is -2.35. The molecular formula is C15H23NO3. The van der Waals surface area contributed by atoms with Gasteiger partial charge >= 0.3 is 0 Å². The van der Waals surface area contributed by atoms with E-state index < -0.39 is 6.10 Å². The Kier molecular flexibility index (Phi) is 6.53. The Morgan fingerprint density at radius 3 is 2.53 bits per heavy atom. The van der Waals surface area contributed by atoms with Gasteiger partial charge in [-0.1, -0.05) is 32.4 Å². The van der Waals surface area contributed by atoms with Gasteiger partial charge < -0.3 is 15.2 Å². The highest BCUT2D eigenvalue weighted by Gasteiger charge is 2.13. The molecule has 1 aromatic carbocycles. The predicted octanol–water partition coefficient (Wildman–Crippen LogP) is 1.97. The molecule has 0 aliphatic heterocycles. The zero-order valence-corrected chi connectivity index (χ0v) is 11.8. The third kappa shape index (κ3) is 5.01. The van der Waals surface area contributed by atoms with Crippen LogP contribution in [-0.2, 0) is 11.3 Å². The van der Waals surface area contributed by atoms with Gasteiger partial charge in [-0.2, -0.15) is 0 Å². The number of carbonyl (C=O) groups is 1. The van der Waals surface area contributed by atoms with Gasteiger partial charge in [0.25, 0.3) is 5.91 Å². The minimum absolute atomic E-state index is 0.161. The van der Waals surface area contributed by atoms with Crippen LogP contribution in [0.1, 0.15) is 36.2 Å². The number of amides is 1. The molecule has 1 amide bonds. The second kappa shape index (κ2) is 7.92. The van der Waals surface area contributed by atoms with Crippen LogP contribution in [0.15, 0.2) is 24.3 Å². The fourth-order valence-corrected chi connectivity index (χ4v) is 1.69. The smallest absolute Gasteiger partial charge is 0.251 e. The monoisotopic (exact) mass is 265 g/mol. The second-order valence-electron chi connectivity index (χ2n) is 4.79. The van der Waals surface area contributed by atoms with Crippen LogP contribution in [0.5, 0.6) is 0 Å². The van der Waals surface area contributed by atoms with E-state index in [2.05, 4.69) is 5.32 Å². The number of aliphatic hydroxyl groups excluding tert-OH is 1. The minimum Gasteiger partial charge on any atom is -0.391 e. The van der Waals surface area contributed by atoms with E-state index in [1.807, 2.05) is 26.0 Å². The molecule has 0 heterocycles. The molecule has 0 bridgehead atoms. The summed E-state index contributed by atoms with van der Waals surface area (Å²) in [5.41, 5.74) is 1.62. The summed E-state index contributed by atoms with van der Waals surface area (Å²) in [5.74, 6) is 0.0238. The molecule has 0 saturated heterocycles. The molecule has 2 unspecified atom stereocenters. The highest BCUT2D eigenvalue weighted by Crippen LogP contribution is 2.08. The molecule has 106 valence electrons. The first kappa shape index (κ1) is 15.7. The molecule has 19 heavy (non-hydrogen) atoms.